The third-order valence-electron chi connectivity index (χ3n) is 5.51. The van der Waals surface area contributed by atoms with E-state index < -0.39 is 0 Å². The Hall–Kier alpha value is -3.88. The van der Waals surface area contributed by atoms with Crippen molar-refractivity contribution in [2.75, 3.05) is 4.90 Å². The van der Waals surface area contributed by atoms with Crippen molar-refractivity contribution in [3.63, 3.8) is 0 Å². The molecule has 7 nitrogen and oxygen atoms in total. The Kier molecular flexibility index (Phi) is 4.56. The molecule has 0 unspecified atom stereocenters. The molecule has 0 N–H and O–H groups in total. The van der Waals surface area contributed by atoms with E-state index >= 15 is 0 Å². The number of carbonyl (C=O) groups excluding carboxylic acids is 1. The molecule has 3 aromatic heterocycles. The second-order valence-electron chi connectivity index (χ2n) is 7.48. The molecule has 4 heterocycles. The van der Waals surface area contributed by atoms with Crippen LogP contribution in [0, 0.1) is 0 Å². The minimum Gasteiger partial charge on any atom is -0.303 e. The zero-order chi connectivity index (χ0) is 22.5. The van der Waals surface area contributed by atoms with Crippen molar-refractivity contribution in [1.82, 2.24) is 19.6 Å². The molecule has 9 heteroatoms. The van der Waals surface area contributed by atoms with Crippen LogP contribution in [0.1, 0.15) is 11.1 Å². The van der Waals surface area contributed by atoms with Gasteiger partial charge < -0.3 is 4.90 Å². The number of pyridine rings is 1. The van der Waals surface area contributed by atoms with Gasteiger partial charge in [0.25, 0.3) is 11.5 Å². The van der Waals surface area contributed by atoms with E-state index in [-0.39, 0.29) is 11.5 Å². The highest BCUT2D eigenvalue weighted by atomic mass is 35.5. The lowest BCUT2D eigenvalue weighted by Crippen LogP contribution is -2.32. The molecule has 0 saturated heterocycles. The van der Waals surface area contributed by atoms with Crippen molar-refractivity contribution in [3.8, 4) is 11.4 Å². The van der Waals surface area contributed by atoms with E-state index in [9.17, 15) is 9.59 Å². The van der Waals surface area contributed by atoms with E-state index in [1.807, 2.05) is 48.5 Å². The summed E-state index contributed by atoms with van der Waals surface area (Å²) in [7, 11) is 0. The van der Waals surface area contributed by atoms with Gasteiger partial charge in [-0.3, -0.25) is 14.6 Å². The molecule has 5 aromatic rings. The van der Waals surface area contributed by atoms with Gasteiger partial charge in [-0.05, 0) is 29.8 Å². The number of rotatable bonds is 3. The van der Waals surface area contributed by atoms with Gasteiger partial charge in [0.05, 0.1) is 17.8 Å². The number of hydrogen-bond donors (Lipinski definition) is 0. The Morgan fingerprint density at radius 1 is 0.970 bits per heavy atom. The van der Waals surface area contributed by atoms with Crippen LogP contribution in [0.15, 0.2) is 77.9 Å². The summed E-state index contributed by atoms with van der Waals surface area (Å²) in [6.07, 6.45) is 3.30. The third kappa shape index (κ3) is 3.14. The van der Waals surface area contributed by atoms with Gasteiger partial charge in [0.2, 0.25) is 4.96 Å². The van der Waals surface area contributed by atoms with Gasteiger partial charge in [0, 0.05) is 28.5 Å². The molecule has 1 amide bonds. The molecule has 2 aromatic carbocycles. The number of amides is 1. The molecule has 1 aliphatic rings. The van der Waals surface area contributed by atoms with E-state index in [0.29, 0.717) is 38.0 Å². The molecule has 0 radical (unpaired) electrons. The number of hydrogen-bond acceptors (Lipinski definition) is 6. The fourth-order valence-electron chi connectivity index (χ4n) is 3.96. The number of aromatic nitrogens is 4. The first-order valence-corrected chi connectivity index (χ1v) is 11.3. The lowest BCUT2D eigenvalue weighted by Gasteiger charge is -2.17. The standard InChI is InChI=1S/C24H14ClN5O2S/c25-17-9-3-1-6-15(17)13-29-18-10-4-2-8-16(18)19(22(29)31)20-23(32)30-24(33-20)27-21(28-30)14-7-5-11-26-12-14/h1-12H,13H2/b20-19-. The highest BCUT2D eigenvalue weighted by Crippen LogP contribution is 2.37. The number of para-hydroxylation sites is 1. The summed E-state index contributed by atoms with van der Waals surface area (Å²) in [6.45, 7) is 0.305. The summed E-state index contributed by atoms with van der Waals surface area (Å²) in [4.78, 5) is 37.5. The van der Waals surface area contributed by atoms with Gasteiger partial charge >= 0.3 is 0 Å². The molecular weight excluding hydrogens is 458 g/mol. The van der Waals surface area contributed by atoms with E-state index in [1.165, 1.54) is 4.52 Å². The van der Waals surface area contributed by atoms with Crippen molar-refractivity contribution in [1.29, 1.82) is 0 Å². The average molecular weight is 472 g/mol. The maximum absolute atomic E-state index is 13.6. The van der Waals surface area contributed by atoms with Gasteiger partial charge in [0.15, 0.2) is 5.82 Å². The first-order valence-electron chi connectivity index (χ1n) is 10.1. The predicted octanol–water partition coefficient (Wildman–Crippen LogP) is 3.33. The van der Waals surface area contributed by atoms with Crippen molar-refractivity contribution < 1.29 is 4.79 Å². The van der Waals surface area contributed by atoms with E-state index in [2.05, 4.69) is 15.1 Å². The largest absolute Gasteiger partial charge is 0.303 e. The maximum Gasteiger partial charge on any atom is 0.291 e. The number of anilines is 1. The van der Waals surface area contributed by atoms with Gasteiger partial charge in [0.1, 0.15) is 4.53 Å². The van der Waals surface area contributed by atoms with Crippen LogP contribution in [0.4, 0.5) is 5.69 Å². The minimum atomic E-state index is -0.365. The molecule has 0 saturated carbocycles. The highest BCUT2D eigenvalue weighted by molar-refractivity contribution is 7.15. The number of thiazole rings is 1. The first-order chi connectivity index (χ1) is 16.1. The van der Waals surface area contributed by atoms with Crippen molar-refractivity contribution >= 4 is 45.1 Å². The quantitative estimate of drug-likeness (QED) is 0.403. The lowest BCUT2D eigenvalue weighted by molar-refractivity contribution is -0.113. The zero-order valence-electron chi connectivity index (χ0n) is 17.0. The van der Waals surface area contributed by atoms with Crippen LogP contribution in [-0.2, 0) is 11.3 Å². The third-order valence-corrected chi connectivity index (χ3v) is 6.91. The predicted molar refractivity (Wildman–Crippen MR) is 127 cm³/mol. The molecule has 0 spiro atoms. The molecule has 6 rings (SSSR count). The van der Waals surface area contributed by atoms with Crippen LogP contribution in [0.25, 0.3) is 21.9 Å². The summed E-state index contributed by atoms with van der Waals surface area (Å²) in [5.74, 6) is 0.173. The summed E-state index contributed by atoms with van der Waals surface area (Å²) in [5, 5.41) is 4.95. The first kappa shape index (κ1) is 19.8. The van der Waals surface area contributed by atoms with Crippen molar-refractivity contribution in [2.45, 2.75) is 6.54 Å². The fraction of sp³-hybridized carbons (Fsp3) is 0.0417. The highest BCUT2D eigenvalue weighted by Gasteiger charge is 2.34. The van der Waals surface area contributed by atoms with Crippen LogP contribution in [0.3, 0.4) is 0 Å². The Balaban J connectivity index is 1.51. The van der Waals surface area contributed by atoms with Crippen LogP contribution in [-0.4, -0.2) is 25.5 Å². The summed E-state index contributed by atoms with van der Waals surface area (Å²) >= 11 is 7.50. The summed E-state index contributed by atoms with van der Waals surface area (Å²) < 4.78 is 1.57. The molecule has 1 aliphatic heterocycles. The molecular formula is C24H14ClN5O2S. The summed E-state index contributed by atoms with van der Waals surface area (Å²) in [5.41, 5.74) is 3.00. The van der Waals surface area contributed by atoms with E-state index in [0.717, 1.165) is 28.2 Å². The minimum absolute atomic E-state index is 0.245. The maximum atomic E-state index is 13.6. The van der Waals surface area contributed by atoms with Crippen LogP contribution < -0.4 is 15.0 Å². The second kappa shape index (κ2) is 7.61. The summed E-state index contributed by atoms with van der Waals surface area (Å²) in [6, 6.07) is 18.5. The number of halogens is 1. The molecule has 0 atom stereocenters. The molecule has 160 valence electrons. The van der Waals surface area contributed by atoms with Crippen molar-refractivity contribution in [3.05, 3.63) is 104 Å². The fourth-order valence-corrected chi connectivity index (χ4v) is 5.15. The Morgan fingerprint density at radius 2 is 1.79 bits per heavy atom. The van der Waals surface area contributed by atoms with Gasteiger partial charge in [-0.15, -0.1) is 5.10 Å². The van der Waals surface area contributed by atoms with Crippen LogP contribution in [0.5, 0.6) is 0 Å². The van der Waals surface area contributed by atoms with E-state index in [4.69, 9.17) is 11.6 Å². The topological polar surface area (TPSA) is 80.5 Å². The van der Waals surface area contributed by atoms with Gasteiger partial charge in [-0.1, -0.05) is 59.3 Å². The lowest BCUT2D eigenvalue weighted by atomic mass is 10.1. The number of nitrogens with zero attached hydrogens (tertiary/aromatic N) is 5. The average Bonchev–Trinajstić information content (AvgIpc) is 3.47. The number of fused-ring (bicyclic) bond motifs is 2. The van der Waals surface area contributed by atoms with Crippen LogP contribution >= 0.6 is 22.9 Å². The van der Waals surface area contributed by atoms with Gasteiger partial charge in [-0.25, -0.2) is 0 Å². The zero-order valence-corrected chi connectivity index (χ0v) is 18.5. The Morgan fingerprint density at radius 3 is 2.58 bits per heavy atom. The second-order valence-corrected chi connectivity index (χ2v) is 8.87. The van der Waals surface area contributed by atoms with Crippen LogP contribution in [0.2, 0.25) is 5.02 Å². The monoisotopic (exact) mass is 471 g/mol. The number of carbonyl (C=O) groups is 1. The van der Waals surface area contributed by atoms with Crippen molar-refractivity contribution in [2.24, 2.45) is 0 Å². The molecule has 0 bridgehead atoms. The molecule has 33 heavy (non-hydrogen) atoms. The van der Waals surface area contributed by atoms with Gasteiger partial charge in [-0.2, -0.15) is 9.50 Å². The Bertz CT molecular complexity index is 1660. The Labute approximate surface area is 196 Å². The smallest absolute Gasteiger partial charge is 0.291 e. The number of benzene rings is 2. The normalized spacial score (nSPS) is 14.8. The SMILES string of the molecule is O=C1/C(=c2\sc3nc(-c4cccnc4)nn3c2=O)c2ccccc2N1Cc1ccccc1Cl. The van der Waals surface area contributed by atoms with E-state index in [1.54, 1.807) is 29.4 Å². The molecule has 0 aliphatic carbocycles. The molecule has 0 fully saturated rings.